The van der Waals surface area contributed by atoms with E-state index in [9.17, 15) is 4.79 Å². The summed E-state index contributed by atoms with van der Waals surface area (Å²) in [5, 5.41) is 0. The lowest BCUT2D eigenvalue weighted by Gasteiger charge is -2.03. The second-order valence-electron chi connectivity index (χ2n) is 3.03. The number of hydrogen-bond donors (Lipinski definition) is 1. The Morgan fingerprint density at radius 1 is 1.60 bits per heavy atom. The van der Waals surface area contributed by atoms with Gasteiger partial charge in [0.15, 0.2) is 0 Å². The number of fused-ring (bicyclic) bond motifs is 1. The third-order valence-corrected chi connectivity index (χ3v) is 2.00. The molecule has 5 nitrogen and oxygen atoms in total. The number of ether oxygens (including phenoxy) is 1. The maximum absolute atomic E-state index is 11.6. The number of imidazole rings is 1. The number of pyridine rings is 1. The molecule has 0 radical (unpaired) electrons. The maximum Gasteiger partial charge on any atom is 0.355 e. The lowest BCUT2D eigenvalue weighted by molar-refractivity contribution is 0.0518. The standard InChI is InChI=1S/C10H11N3O2/c1-2-15-10(14)7-4-3-5-9-12-8(11)6-13(7)9/h3-6H,2,11H2,1H3. The molecule has 0 aliphatic carbocycles. The van der Waals surface area contributed by atoms with E-state index in [1.807, 2.05) is 0 Å². The van der Waals surface area contributed by atoms with Gasteiger partial charge >= 0.3 is 5.97 Å². The van der Waals surface area contributed by atoms with Crippen molar-refractivity contribution in [1.82, 2.24) is 9.38 Å². The van der Waals surface area contributed by atoms with Crippen molar-refractivity contribution in [2.45, 2.75) is 6.92 Å². The van der Waals surface area contributed by atoms with E-state index < -0.39 is 0 Å². The Labute approximate surface area is 86.5 Å². The summed E-state index contributed by atoms with van der Waals surface area (Å²) in [5.41, 5.74) is 6.62. The molecule has 2 aromatic heterocycles. The SMILES string of the molecule is CCOC(=O)c1cccc2nc(N)cn12. The molecular weight excluding hydrogens is 194 g/mol. The van der Waals surface area contributed by atoms with Crippen LogP contribution in [-0.4, -0.2) is 22.0 Å². The van der Waals surface area contributed by atoms with E-state index in [4.69, 9.17) is 10.5 Å². The smallest absolute Gasteiger partial charge is 0.355 e. The summed E-state index contributed by atoms with van der Waals surface area (Å²) in [5.74, 6) is 0.00671. The van der Waals surface area contributed by atoms with E-state index in [0.29, 0.717) is 23.8 Å². The van der Waals surface area contributed by atoms with Gasteiger partial charge < -0.3 is 10.5 Å². The highest BCUT2D eigenvalue weighted by atomic mass is 16.5. The molecule has 2 aromatic rings. The minimum absolute atomic E-state index is 0.347. The van der Waals surface area contributed by atoms with Crippen LogP contribution in [0.3, 0.4) is 0 Å². The quantitative estimate of drug-likeness (QED) is 0.745. The highest BCUT2D eigenvalue weighted by molar-refractivity contribution is 5.88. The molecule has 0 aromatic carbocycles. The average molecular weight is 205 g/mol. The molecule has 0 bridgehead atoms. The van der Waals surface area contributed by atoms with Crippen LogP contribution in [0.1, 0.15) is 17.4 Å². The van der Waals surface area contributed by atoms with Crippen LogP contribution in [0.2, 0.25) is 0 Å². The Morgan fingerprint density at radius 3 is 3.13 bits per heavy atom. The monoisotopic (exact) mass is 205 g/mol. The molecule has 0 fully saturated rings. The zero-order chi connectivity index (χ0) is 10.8. The number of rotatable bonds is 2. The third-order valence-electron chi connectivity index (χ3n) is 2.00. The number of anilines is 1. The number of nitrogen functional groups attached to an aromatic ring is 1. The summed E-state index contributed by atoms with van der Waals surface area (Å²) >= 11 is 0. The molecule has 0 aliphatic rings. The first-order chi connectivity index (χ1) is 7.22. The molecule has 2 heterocycles. The van der Waals surface area contributed by atoms with Crippen molar-refractivity contribution < 1.29 is 9.53 Å². The number of carbonyl (C=O) groups is 1. The summed E-state index contributed by atoms with van der Waals surface area (Å²) in [7, 11) is 0. The van der Waals surface area contributed by atoms with Gasteiger partial charge in [0.25, 0.3) is 0 Å². The van der Waals surface area contributed by atoms with Gasteiger partial charge in [0.1, 0.15) is 17.2 Å². The molecule has 78 valence electrons. The van der Waals surface area contributed by atoms with Crippen molar-refractivity contribution >= 4 is 17.4 Å². The fourth-order valence-electron chi connectivity index (χ4n) is 1.40. The van der Waals surface area contributed by atoms with Crippen molar-refractivity contribution in [3.05, 3.63) is 30.1 Å². The van der Waals surface area contributed by atoms with E-state index in [-0.39, 0.29) is 5.97 Å². The molecule has 0 amide bonds. The van der Waals surface area contributed by atoms with Gasteiger partial charge in [-0.25, -0.2) is 9.78 Å². The minimum atomic E-state index is -0.375. The zero-order valence-corrected chi connectivity index (χ0v) is 8.30. The van der Waals surface area contributed by atoms with Crippen LogP contribution < -0.4 is 5.73 Å². The predicted molar refractivity (Wildman–Crippen MR) is 55.6 cm³/mol. The molecular formula is C10H11N3O2. The fourth-order valence-corrected chi connectivity index (χ4v) is 1.40. The van der Waals surface area contributed by atoms with Gasteiger partial charge in [-0.2, -0.15) is 0 Å². The highest BCUT2D eigenvalue weighted by Gasteiger charge is 2.11. The van der Waals surface area contributed by atoms with E-state index in [0.717, 1.165) is 0 Å². The van der Waals surface area contributed by atoms with Gasteiger partial charge in [0.2, 0.25) is 0 Å². The van der Waals surface area contributed by atoms with Gasteiger partial charge in [-0.15, -0.1) is 0 Å². The Hall–Kier alpha value is -2.04. The van der Waals surface area contributed by atoms with Crippen LogP contribution in [0.5, 0.6) is 0 Å². The average Bonchev–Trinajstić information content (AvgIpc) is 2.57. The number of hydrogen-bond acceptors (Lipinski definition) is 4. The molecule has 0 saturated carbocycles. The topological polar surface area (TPSA) is 69.6 Å². The van der Waals surface area contributed by atoms with Crippen molar-refractivity contribution in [3.63, 3.8) is 0 Å². The first-order valence-corrected chi connectivity index (χ1v) is 4.63. The number of nitrogens with zero attached hydrogens (tertiary/aromatic N) is 2. The van der Waals surface area contributed by atoms with E-state index in [1.54, 1.807) is 35.7 Å². The van der Waals surface area contributed by atoms with Crippen LogP contribution in [0.15, 0.2) is 24.4 Å². The molecule has 2 rings (SSSR count). The van der Waals surface area contributed by atoms with E-state index in [1.165, 1.54) is 0 Å². The van der Waals surface area contributed by atoms with Crippen LogP contribution in [0.4, 0.5) is 5.82 Å². The highest BCUT2D eigenvalue weighted by Crippen LogP contribution is 2.11. The molecule has 0 saturated heterocycles. The molecule has 0 aliphatic heterocycles. The summed E-state index contributed by atoms with van der Waals surface area (Å²) in [4.78, 5) is 15.6. The normalized spacial score (nSPS) is 10.5. The van der Waals surface area contributed by atoms with Gasteiger partial charge in [0, 0.05) is 0 Å². The maximum atomic E-state index is 11.6. The number of nitrogens with two attached hydrogens (primary N) is 1. The first kappa shape index (κ1) is 9.51. The van der Waals surface area contributed by atoms with Crippen molar-refractivity contribution in [2.75, 3.05) is 12.3 Å². The molecule has 5 heteroatoms. The van der Waals surface area contributed by atoms with Crippen molar-refractivity contribution in [3.8, 4) is 0 Å². The molecule has 2 N–H and O–H groups in total. The minimum Gasteiger partial charge on any atom is -0.461 e. The van der Waals surface area contributed by atoms with Crippen LogP contribution in [-0.2, 0) is 4.74 Å². The second-order valence-corrected chi connectivity index (χ2v) is 3.03. The Kier molecular flexibility index (Phi) is 2.29. The number of esters is 1. The Morgan fingerprint density at radius 2 is 2.40 bits per heavy atom. The van der Waals surface area contributed by atoms with Crippen LogP contribution >= 0.6 is 0 Å². The van der Waals surface area contributed by atoms with Crippen LogP contribution in [0.25, 0.3) is 5.65 Å². The summed E-state index contributed by atoms with van der Waals surface area (Å²) in [6, 6.07) is 5.19. The fraction of sp³-hybridized carbons (Fsp3) is 0.200. The number of aromatic nitrogens is 2. The lowest BCUT2D eigenvalue weighted by Crippen LogP contribution is -2.09. The van der Waals surface area contributed by atoms with Gasteiger partial charge in [0.05, 0.1) is 12.8 Å². The largest absolute Gasteiger partial charge is 0.461 e. The molecule has 0 spiro atoms. The predicted octanol–water partition coefficient (Wildman–Crippen LogP) is 1.09. The second kappa shape index (κ2) is 3.61. The van der Waals surface area contributed by atoms with Crippen LogP contribution in [0, 0.1) is 0 Å². The summed E-state index contributed by atoms with van der Waals surface area (Å²) in [6.45, 7) is 2.11. The van der Waals surface area contributed by atoms with E-state index >= 15 is 0 Å². The zero-order valence-electron chi connectivity index (χ0n) is 8.30. The van der Waals surface area contributed by atoms with Gasteiger partial charge in [-0.05, 0) is 19.1 Å². The van der Waals surface area contributed by atoms with Gasteiger partial charge in [-0.1, -0.05) is 6.07 Å². The number of carbonyl (C=O) groups excluding carboxylic acids is 1. The Balaban J connectivity index is 2.55. The summed E-state index contributed by atoms with van der Waals surface area (Å²) < 4.78 is 6.54. The molecule has 0 unspecified atom stereocenters. The van der Waals surface area contributed by atoms with Gasteiger partial charge in [-0.3, -0.25) is 4.40 Å². The van der Waals surface area contributed by atoms with Crippen molar-refractivity contribution in [1.29, 1.82) is 0 Å². The Bertz CT molecular complexity index is 504. The lowest BCUT2D eigenvalue weighted by atomic mass is 10.3. The van der Waals surface area contributed by atoms with E-state index in [2.05, 4.69) is 4.98 Å². The summed E-state index contributed by atoms with van der Waals surface area (Å²) in [6.07, 6.45) is 1.60. The molecule has 15 heavy (non-hydrogen) atoms. The first-order valence-electron chi connectivity index (χ1n) is 4.63. The molecule has 0 atom stereocenters. The third kappa shape index (κ3) is 1.63. The van der Waals surface area contributed by atoms with Crippen molar-refractivity contribution in [2.24, 2.45) is 0 Å².